The Bertz CT molecular complexity index is 1190. The molecule has 2 atom stereocenters. The predicted molar refractivity (Wildman–Crippen MR) is 133 cm³/mol. The van der Waals surface area contributed by atoms with Crippen molar-refractivity contribution in [3.63, 3.8) is 0 Å². The van der Waals surface area contributed by atoms with E-state index >= 15 is 0 Å². The molecule has 178 valence electrons. The summed E-state index contributed by atoms with van der Waals surface area (Å²) in [5.41, 5.74) is 2.25. The first kappa shape index (κ1) is 23.8. The van der Waals surface area contributed by atoms with Crippen LogP contribution in [0.2, 0.25) is 5.02 Å². The number of halogens is 1. The molecule has 0 saturated carbocycles. The van der Waals surface area contributed by atoms with Crippen LogP contribution in [0.15, 0.2) is 54.7 Å². The van der Waals surface area contributed by atoms with Crippen molar-refractivity contribution in [1.29, 1.82) is 0 Å². The number of hydrogen-bond acceptors (Lipinski definition) is 3. The summed E-state index contributed by atoms with van der Waals surface area (Å²) in [6.07, 6.45) is 4.24. The molecule has 2 unspecified atom stereocenters. The summed E-state index contributed by atoms with van der Waals surface area (Å²) < 4.78 is 0. The maximum absolute atomic E-state index is 13.7. The molecule has 0 aliphatic carbocycles. The van der Waals surface area contributed by atoms with Crippen LogP contribution in [0, 0.1) is 0 Å². The topological polar surface area (TPSA) is 94.3 Å². The maximum Gasteiger partial charge on any atom is 0.253 e. The Kier molecular flexibility index (Phi) is 7.53. The fourth-order valence-electron chi connectivity index (χ4n) is 4.45. The Labute approximate surface area is 203 Å². The van der Waals surface area contributed by atoms with Gasteiger partial charge in [0.1, 0.15) is 6.04 Å². The zero-order chi connectivity index (χ0) is 24.1. The summed E-state index contributed by atoms with van der Waals surface area (Å²) in [4.78, 5) is 43.6. The van der Waals surface area contributed by atoms with E-state index in [-0.39, 0.29) is 17.9 Å². The molecule has 3 amide bonds. The van der Waals surface area contributed by atoms with Gasteiger partial charge in [-0.15, -0.1) is 0 Å². The Balaban J connectivity index is 1.57. The first-order chi connectivity index (χ1) is 16.5. The third-order valence-electron chi connectivity index (χ3n) is 6.24. The van der Waals surface area contributed by atoms with Crippen LogP contribution in [0.25, 0.3) is 10.9 Å². The van der Waals surface area contributed by atoms with E-state index < -0.39 is 11.9 Å². The summed E-state index contributed by atoms with van der Waals surface area (Å²) in [6.45, 7) is 2.82. The van der Waals surface area contributed by atoms with E-state index in [0.717, 1.165) is 29.3 Å². The van der Waals surface area contributed by atoms with Crippen LogP contribution in [-0.2, 0) is 16.0 Å². The van der Waals surface area contributed by atoms with Crippen molar-refractivity contribution in [2.24, 2.45) is 0 Å². The van der Waals surface area contributed by atoms with Crippen LogP contribution in [-0.4, -0.2) is 52.8 Å². The number of carbonyl (C=O) groups is 3. The van der Waals surface area contributed by atoms with E-state index in [9.17, 15) is 14.4 Å². The van der Waals surface area contributed by atoms with Gasteiger partial charge in [-0.3, -0.25) is 14.4 Å². The van der Waals surface area contributed by atoms with Crippen molar-refractivity contribution >= 4 is 40.2 Å². The predicted octanol–water partition coefficient (Wildman–Crippen LogP) is 3.68. The summed E-state index contributed by atoms with van der Waals surface area (Å²) >= 11 is 6.23. The Morgan fingerprint density at radius 3 is 2.71 bits per heavy atom. The van der Waals surface area contributed by atoms with E-state index in [4.69, 9.17) is 11.6 Å². The molecule has 1 aromatic heterocycles. The second-order valence-electron chi connectivity index (χ2n) is 8.61. The molecule has 0 spiro atoms. The number of aromatic nitrogens is 1. The van der Waals surface area contributed by atoms with Gasteiger partial charge < -0.3 is 20.5 Å². The molecule has 8 heteroatoms. The van der Waals surface area contributed by atoms with Gasteiger partial charge in [-0.25, -0.2) is 0 Å². The van der Waals surface area contributed by atoms with Crippen molar-refractivity contribution in [1.82, 2.24) is 20.5 Å². The average Bonchev–Trinajstić information content (AvgIpc) is 3.26. The monoisotopic (exact) mass is 480 g/mol. The smallest absolute Gasteiger partial charge is 0.253 e. The van der Waals surface area contributed by atoms with Crippen molar-refractivity contribution in [2.75, 3.05) is 13.1 Å². The zero-order valence-electron chi connectivity index (χ0n) is 19.1. The number of para-hydroxylation sites is 1. The Morgan fingerprint density at radius 1 is 1.15 bits per heavy atom. The third kappa shape index (κ3) is 5.42. The standard InChI is InChI=1S/C26H29ClN4O3/c1-2-24(32)29-18-8-7-13-31(16-18)26(34)23(30-25(33)20-10-3-5-11-21(20)27)14-17-15-28-22-12-6-4-9-19(17)22/h3-6,9-12,15,18,23,28H,2,7-8,13-14,16H2,1H3,(H,29,32)(H,30,33). The maximum atomic E-state index is 13.7. The van der Waals surface area contributed by atoms with Crippen LogP contribution in [0.1, 0.15) is 42.1 Å². The number of nitrogens with zero attached hydrogens (tertiary/aromatic N) is 1. The lowest BCUT2D eigenvalue weighted by molar-refractivity contribution is -0.135. The number of fused-ring (bicyclic) bond motifs is 1. The van der Waals surface area contributed by atoms with E-state index in [1.54, 1.807) is 29.2 Å². The molecule has 1 aliphatic heterocycles. The molecule has 2 heterocycles. The van der Waals surface area contributed by atoms with Gasteiger partial charge in [0, 0.05) is 49.1 Å². The van der Waals surface area contributed by atoms with Crippen LogP contribution in [0.3, 0.4) is 0 Å². The minimum Gasteiger partial charge on any atom is -0.361 e. The number of amides is 3. The molecular weight excluding hydrogens is 452 g/mol. The molecule has 1 aliphatic rings. The normalized spacial score (nSPS) is 16.8. The number of rotatable bonds is 7. The number of nitrogens with one attached hydrogen (secondary N) is 3. The lowest BCUT2D eigenvalue weighted by Crippen LogP contribution is -2.55. The number of carbonyl (C=O) groups excluding carboxylic acids is 3. The SMILES string of the molecule is CCC(=O)NC1CCCN(C(=O)C(Cc2c[nH]c3ccccc23)NC(=O)c2ccccc2Cl)C1. The summed E-state index contributed by atoms with van der Waals surface area (Å²) in [5, 5.41) is 7.26. The van der Waals surface area contributed by atoms with Gasteiger partial charge in [0.25, 0.3) is 5.91 Å². The summed E-state index contributed by atoms with van der Waals surface area (Å²) in [5.74, 6) is -0.584. The highest BCUT2D eigenvalue weighted by Gasteiger charge is 2.31. The summed E-state index contributed by atoms with van der Waals surface area (Å²) in [6, 6.07) is 13.8. The largest absolute Gasteiger partial charge is 0.361 e. The fourth-order valence-corrected chi connectivity index (χ4v) is 4.67. The highest BCUT2D eigenvalue weighted by molar-refractivity contribution is 6.33. The van der Waals surface area contributed by atoms with Crippen molar-refractivity contribution in [2.45, 2.75) is 44.7 Å². The van der Waals surface area contributed by atoms with Gasteiger partial charge in [-0.1, -0.05) is 48.9 Å². The fraction of sp³-hybridized carbons (Fsp3) is 0.346. The van der Waals surface area contributed by atoms with Gasteiger partial charge in [0.15, 0.2) is 0 Å². The molecule has 1 fully saturated rings. The second kappa shape index (κ2) is 10.7. The Hall–Kier alpha value is -3.32. The number of H-pyrrole nitrogens is 1. The van der Waals surface area contributed by atoms with Crippen LogP contribution in [0.5, 0.6) is 0 Å². The van der Waals surface area contributed by atoms with E-state index in [2.05, 4.69) is 15.6 Å². The first-order valence-electron chi connectivity index (χ1n) is 11.6. The first-order valence-corrected chi connectivity index (χ1v) is 12.0. The molecule has 2 aromatic carbocycles. The van der Waals surface area contributed by atoms with Gasteiger partial charge in [-0.05, 0) is 36.6 Å². The lowest BCUT2D eigenvalue weighted by Gasteiger charge is -2.35. The van der Waals surface area contributed by atoms with Crippen LogP contribution >= 0.6 is 11.6 Å². The quantitative estimate of drug-likeness (QED) is 0.481. The number of aromatic amines is 1. The lowest BCUT2D eigenvalue weighted by atomic mass is 10.0. The second-order valence-corrected chi connectivity index (χ2v) is 9.02. The minimum atomic E-state index is -0.774. The molecule has 0 radical (unpaired) electrons. The molecule has 34 heavy (non-hydrogen) atoms. The van der Waals surface area contributed by atoms with E-state index in [1.165, 1.54) is 0 Å². The molecule has 4 rings (SSSR count). The van der Waals surface area contributed by atoms with Crippen molar-refractivity contribution in [3.05, 3.63) is 70.9 Å². The van der Waals surface area contributed by atoms with Crippen molar-refractivity contribution in [3.8, 4) is 0 Å². The van der Waals surface area contributed by atoms with E-state index in [0.29, 0.717) is 36.5 Å². The van der Waals surface area contributed by atoms with Gasteiger partial charge >= 0.3 is 0 Å². The molecule has 3 N–H and O–H groups in total. The summed E-state index contributed by atoms with van der Waals surface area (Å²) in [7, 11) is 0. The highest BCUT2D eigenvalue weighted by atomic mass is 35.5. The molecule has 7 nitrogen and oxygen atoms in total. The van der Waals surface area contributed by atoms with Crippen LogP contribution < -0.4 is 10.6 Å². The van der Waals surface area contributed by atoms with Crippen LogP contribution in [0.4, 0.5) is 0 Å². The number of likely N-dealkylation sites (tertiary alicyclic amines) is 1. The number of hydrogen-bond donors (Lipinski definition) is 3. The Morgan fingerprint density at radius 2 is 1.91 bits per heavy atom. The number of benzene rings is 2. The molecule has 0 bridgehead atoms. The van der Waals surface area contributed by atoms with E-state index in [1.807, 2.05) is 37.4 Å². The highest BCUT2D eigenvalue weighted by Crippen LogP contribution is 2.21. The average molecular weight is 481 g/mol. The van der Waals surface area contributed by atoms with Gasteiger partial charge in [-0.2, -0.15) is 0 Å². The van der Waals surface area contributed by atoms with Gasteiger partial charge in [0.05, 0.1) is 10.6 Å². The minimum absolute atomic E-state index is 0.0262. The van der Waals surface area contributed by atoms with Crippen molar-refractivity contribution < 1.29 is 14.4 Å². The molecular formula is C26H29ClN4O3. The third-order valence-corrected chi connectivity index (χ3v) is 6.57. The molecule has 3 aromatic rings. The van der Waals surface area contributed by atoms with Gasteiger partial charge in [0.2, 0.25) is 11.8 Å². The zero-order valence-corrected chi connectivity index (χ0v) is 19.9. The molecule has 1 saturated heterocycles. The number of piperidine rings is 1.